The summed E-state index contributed by atoms with van der Waals surface area (Å²) in [7, 11) is 0. The predicted octanol–water partition coefficient (Wildman–Crippen LogP) is 2.24. The second-order valence-corrected chi connectivity index (χ2v) is 3.35. The molecule has 0 spiro atoms. The Kier molecular flexibility index (Phi) is 1.09. The molecule has 2 nitrogen and oxygen atoms in total. The molecule has 0 atom stereocenters. The summed E-state index contributed by atoms with van der Waals surface area (Å²) in [6, 6.07) is 9.04. The van der Waals surface area contributed by atoms with E-state index in [1.54, 1.807) is 0 Å². The molecular formula is C10H9N2. The summed E-state index contributed by atoms with van der Waals surface area (Å²) in [5.41, 5.74) is 2.37. The minimum atomic E-state index is 0.717. The number of H-pyrrole nitrogens is 1. The van der Waals surface area contributed by atoms with Crippen LogP contribution in [-0.4, -0.2) is 10.2 Å². The van der Waals surface area contributed by atoms with Gasteiger partial charge < -0.3 is 0 Å². The molecule has 1 aromatic heterocycles. The number of rotatable bonds is 1. The average Bonchev–Trinajstić information content (AvgIpc) is 2.86. The number of aromatic amines is 1. The molecule has 1 N–H and O–H groups in total. The van der Waals surface area contributed by atoms with Crippen LogP contribution in [0.1, 0.15) is 24.5 Å². The zero-order valence-corrected chi connectivity index (χ0v) is 6.67. The summed E-state index contributed by atoms with van der Waals surface area (Å²) >= 11 is 0. The van der Waals surface area contributed by atoms with Crippen LogP contribution in [0.25, 0.3) is 10.9 Å². The van der Waals surface area contributed by atoms with Gasteiger partial charge in [0.05, 0.1) is 11.2 Å². The lowest BCUT2D eigenvalue weighted by Crippen LogP contribution is -1.78. The van der Waals surface area contributed by atoms with E-state index in [-0.39, 0.29) is 0 Å². The standard InChI is InChI=1S/C10H9N2/c1-2-4-9-8(3-1)10(12-11-9)7-5-6-7/h2-4,7H,5-6H2,(H,11,12). The van der Waals surface area contributed by atoms with Crippen LogP contribution in [0.3, 0.4) is 0 Å². The summed E-state index contributed by atoms with van der Waals surface area (Å²) < 4.78 is 0. The van der Waals surface area contributed by atoms with Crippen molar-refractivity contribution in [2.24, 2.45) is 0 Å². The second kappa shape index (κ2) is 2.09. The fraction of sp³-hybridized carbons (Fsp3) is 0.300. The van der Waals surface area contributed by atoms with Gasteiger partial charge in [0.15, 0.2) is 0 Å². The number of hydrogen-bond donors (Lipinski definition) is 1. The molecule has 1 aliphatic carbocycles. The van der Waals surface area contributed by atoms with E-state index < -0.39 is 0 Å². The van der Waals surface area contributed by atoms with Crippen molar-refractivity contribution in [2.45, 2.75) is 18.8 Å². The maximum Gasteiger partial charge on any atom is 0.0731 e. The number of fused-ring (bicyclic) bond motifs is 1. The summed E-state index contributed by atoms with van der Waals surface area (Å²) in [5.74, 6) is 0.717. The molecule has 1 fully saturated rings. The molecule has 0 amide bonds. The molecule has 1 radical (unpaired) electrons. The summed E-state index contributed by atoms with van der Waals surface area (Å²) in [6.45, 7) is 0. The van der Waals surface area contributed by atoms with Crippen molar-refractivity contribution >= 4 is 10.9 Å². The number of benzene rings is 1. The van der Waals surface area contributed by atoms with Crippen LogP contribution in [-0.2, 0) is 0 Å². The normalized spacial score (nSPS) is 17.0. The Morgan fingerprint density at radius 3 is 3.25 bits per heavy atom. The predicted molar refractivity (Wildman–Crippen MR) is 46.9 cm³/mol. The van der Waals surface area contributed by atoms with Gasteiger partial charge in [0.2, 0.25) is 0 Å². The summed E-state index contributed by atoms with van der Waals surface area (Å²) in [4.78, 5) is 0. The van der Waals surface area contributed by atoms with Crippen LogP contribution in [0.4, 0.5) is 0 Å². The maximum atomic E-state index is 4.31. The molecule has 0 aliphatic heterocycles. The molecule has 0 unspecified atom stereocenters. The van der Waals surface area contributed by atoms with Gasteiger partial charge in [0.1, 0.15) is 0 Å². The zero-order chi connectivity index (χ0) is 7.97. The monoisotopic (exact) mass is 157 g/mol. The molecule has 59 valence electrons. The Hall–Kier alpha value is -1.31. The Balaban J connectivity index is 2.30. The molecule has 3 rings (SSSR count). The minimum absolute atomic E-state index is 0.717. The van der Waals surface area contributed by atoms with Crippen LogP contribution in [0.2, 0.25) is 0 Å². The zero-order valence-electron chi connectivity index (χ0n) is 6.67. The highest BCUT2D eigenvalue weighted by Crippen LogP contribution is 2.41. The van der Waals surface area contributed by atoms with Crippen LogP contribution < -0.4 is 0 Å². The molecule has 0 saturated heterocycles. The largest absolute Gasteiger partial charge is 0.278 e. The van der Waals surface area contributed by atoms with E-state index in [1.807, 2.05) is 18.2 Å². The lowest BCUT2D eigenvalue weighted by molar-refractivity contribution is 0.978. The van der Waals surface area contributed by atoms with Gasteiger partial charge in [-0.25, -0.2) is 0 Å². The van der Waals surface area contributed by atoms with Gasteiger partial charge in [-0.05, 0) is 31.0 Å². The van der Waals surface area contributed by atoms with Crippen LogP contribution in [0.15, 0.2) is 18.2 Å². The van der Waals surface area contributed by atoms with Crippen molar-refractivity contribution in [3.8, 4) is 0 Å². The first-order valence-corrected chi connectivity index (χ1v) is 4.29. The van der Waals surface area contributed by atoms with Crippen molar-refractivity contribution in [3.05, 3.63) is 30.0 Å². The van der Waals surface area contributed by atoms with Gasteiger partial charge in [-0.2, -0.15) is 5.10 Å². The molecule has 2 aromatic rings. The lowest BCUT2D eigenvalue weighted by atomic mass is 10.1. The highest BCUT2D eigenvalue weighted by Gasteiger charge is 2.27. The van der Waals surface area contributed by atoms with E-state index in [0.717, 1.165) is 11.4 Å². The quantitative estimate of drug-likeness (QED) is 0.675. The van der Waals surface area contributed by atoms with Crippen molar-refractivity contribution in [3.63, 3.8) is 0 Å². The van der Waals surface area contributed by atoms with Gasteiger partial charge in [0, 0.05) is 11.3 Å². The number of hydrogen-bond acceptors (Lipinski definition) is 1. The fourth-order valence-corrected chi connectivity index (χ4v) is 1.59. The van der Waals surface area contributed by atoms with Crippen LogP contribution in [0.5, 0.6) is 0 Å². The molecule has 0 bridgehead atoms. The first-order chi connectivity index (χ1) is 5.95. The van der Waals surface area contributed by atoms with E-state index in [4.69, 9.17) is 0 Å². The Morgan fingerprint density at radius 1 is 1.50 bits per heavy atom. The molecule has 1 aliphatic rings. The van der Waals surface area contributed by atoms with Crippen molar-refractivity contribution in [1.82, 2.24) is 10.2 Å². The van der Waals surface area contributed by atoms with E-state index in [1.165, 1.54) is 23.9 Å². The Labute approximate surface area is 70.6 Å². The second-order valence-electron chi connectivity index (χ2n) is 3.35. The number of nitrogens with one attached hydrogen (secondary N) is 1. The van der Waals surface area contributed by atoms with Gasteiger partial charge in [-0.1, -0.05) is 6.07 Å². The molecule has 1 heterocycles. The third-order valence-corrected chi connectivity index (χ3v) is 2.40. The third-order valence-electron chi connectivity index (χ3n) is 2.40. The van der Waals surface area contributed by atoms with Crippen molar-refractivity contribution < 1.29 is 0 Å². The lowest BCUT2D eigenvalue weighted by Gasteiger charge is -1.89. The molecule has 12 heavy (non-hydrogen) atoms. The highest BCUT2D eigenvalue weighted by atomic mass is 15.1. The Morgan fingerprint density at radius 2 is 2.42 bits per heavy atom. The first-order valence-electron chi connectivity index (χ1n) is 4.29. The average molecular weight is 157 g/mol. The topological polar surface area (TPSA) is 28.7 Å². The highest BCUT2D eigenvalue weighted by molar-refractivity contribution is 5.81. The van der Waals surface area contributed by atoms with Crippen molar-refractivity contribution in [2.75, 3.05) is 0 Å². The summed E-state index contributed by atoms with van der Waals surface area (Å²) in [6.07, 6.45) is 2.60. The van der Waals surface area contributed by atoms with Gasteiger partial charge >= 0.3 is 0 Å². The molecule has 1 saturated carbocycles. The van der Waals surface area contributed by atoms with Crippen LogP contribution >= 0.6 is 0 Å². The first kappa shape index (κ1) is 6.23. The van der Waals surface area contributed by atoms with E-state index >= 15 is 0 Å². The van der Waals surface area contributed by atoms with Gasteiger partial charge in [0.25, 0.3) is 0 Å². The van der Waals surface area contributed by atoms with Gasteiger partial charge in [-0.3, -0.25) is 5.10 Å². The SMILES string of the molecule is [c]1ccc2[nH]nc(C3CC3)c2c1. The minimum Gasteiger partial charge on any atom is -0.278 e. The maximum absolute atomic E-state index is 4.31. The number of aromatic nitrogens is 2. The van der Waals surface area contributed by atoms with Crippen molar-refractivity contribution in [1.29, 1.82) is 0 Å². The number of nitrogens with zero attached hydrogens (tertiary/aromatic N) is 1. The summed E-state index contributed by atoms with van der Waals surface area (Å²) in [5, 5.41) is 8.60. The molecule has 1 aromatic carbocycles. The third kappa shape index (κ3) is 0.779. The van der Waals surface area contributed by atoms with Crippen LogP contribution in [0, 0.1) is 6.07 Å². The molecule has 2 heteroatoms. The smallest absolute Gasteiger partial charge is 0.0731 e. The van der Waals surface area contributed by atoms with E-state index in [2.05, 4.69) is 16.3 Å². The van der Waals surface area contributed by atoms with E-state index in [0.29, 0.717) is 0 Å². The fourth-order valence-electron chi connectivity index (χ4n) is 1.59. The molecular weight excluding hydrogens is 148 g/mol. The Bertz CT molecular complexity index is 412. The van der Waals surface area contributed by atoms with Gasteiger partial charge in [-0.15, -0.1) is 0 Å². The van der Waals surface area contributed by atoms with E-state index in [9.17, 15) is 0 Å².